The second-order valence-corrected chi connectivity index (χ2v) is 6.88. The van der Waals surface area contributed by atoms with Crippen molar-refractivity contribution in [3.05, 3.63) is 0 Å². The number of aliphatic hydroxyl groups excluding tert-OH is 1. The SMILES string of the molecule is CCC(O)CCNS(=O)(=O)C(C)(C)C. The van der Waals surface area contributed by atoms with Gasteiger partial charge >= 0.3 is 0 Å². The highest BCUT2D eigenvalue weighted by Crippen LogP contribution is 2.12. The van der Waals surface area contributed by atoms with Gasteiger partial charge in [-0.1, -0.05) is 6.92 Å². The van der Waals surface area contributed by atoms with Crippen molar-refractivity contribution >= 4 is 10.0 Å². The van der Waals surface area contributed by atoms with Crippen molar-refractivity contribution in [2.45, 2.75) is 51.4 Å². The van der Waals surface area contributed by atoms with E-state index in [1.165, 1.54) is 0 Å². The van der Waals surface area contributed by atoms with E-state index in [-0.39, 0.29) is 0 Å². The van der Waals surface area contributed by atoms with Crippen molar-refractivity contribution in [1.82, 2.24) is 4.72 Å². The highest BCUT2D eigenvalue weighted by Gasteiger charge is 2.28. The standard InChI is InChI=1S/C9H21NO3S/c1-5-8(11)6-7-10-14(12,13)9(2,3)4/h8,10-11H,5-7H2,1-4H3. The first kappa shape index (κ1) is 13.9. The topological polar surface area (TPSA) is 66.4 Å². The smallest absolute Gasteiger partial charge is 0.216 e. The molecule has 0 aromatic heterocycles. The van der Waals surface area contributed by atoms with Crippen molar-refractivity contribution in [3.8, 4) is 0 Å². The minimum atomic E-state index is -3.26. The molecule has 0 bridgehead atoms. The Labute approximate surface area is 86.8 Å². The quantitative estimate of drug-likeness (QED) is 0.726. The Morgan fingerprint density at radius 3 is 2.21 bits per heavy atom. The zero-order chi connectivity index (χ0) is 11.4. The highest BCUT2D eigenvalue weighted by atomic mass is 32.2. The Hall–Kier alpha value is -0.130. The second kappa shape index (κ2) is 5.09. The molecule has 0 aliphatic heterocycles. The molecule has 0 aliphatic carbocycles. The summed E-state index contributed by atoms with van der Waals surface area (Å²) in [4.78, 5) is 0. The van der Waals surface area contributed by atoms with E-state index in [1.54, 1.807) is 20.8 Å². The van der Waals surface area contributed by atoms with Crippen LogP contribution in [0.1, 0.15) is 40.5 Å². The summed E-state index contributed by atoms with van der Waals surface area (Å²) < 4.78 is 24.7. The summed E-state index contributed by atoms with van der Waals surface area (Å²) in [5.74, 6) is 0. The summed E-state index contributed by atoms with van der Waals surface area (Å²) in [7, 11) is -3.26. The van der Waals surface area contributed by atoms with Crippen LogP contribution in [0.2, 0.25) is 0 Å². The molecule has 2 N–H and O–H groups in total. The minimum absolute atomic E-state index is 0.300. The molecule has 0 saturated carbocycles. The monoisotopic (exact) mass is 223 g/mol. The average Bonchev–Trinajstić information content (AvgIpc) is 2.01. The van der Waals surface area contributed by atoms with Gasteiger partial charge in [-0.05, 0) is 33.6 Å². The molecule has 0 heterocycles. The summed E-state index contributed by atoms with van der Waals surface area (Å²) in [5.41, 5.74) is 0. The van der Waals surface area contributed by atoms with Crippen LogP contribution < -0.4 is 4.72 Å². The Balaban J connectivity index is 4.03. The lowest BCUT2D eigenvalue weighted by Crippen LogP contribution is -2.40. The van der Waals surface area contributed by atoms with Crippen LogP contribution in [0.5, 0.6) is 0 Å². The van der Waals surface area contributed by atoms with Crippen LogP contribution in [-0.4, -0.2) is 30.9 Å². The average molecular weight is 223 g/mol. The lowest BCUT2D eigenvalue weighted by molar-refractivity contribution is 0.162. The van der Waals surface area contributed by atoms with Crippen LogP contribution in [-0.2, 0) is 10.0 Å². The van der Waals surface area contributed by atoms with Crippen molar-refractivity contribution in [3.63, 3.8) is 0 Å². The lowest BCUT2D eigenvalue weighted by Gasteiger charge is -2.20. The number of sulfonamides is 1. The fourth-order valence-corrected chi connectivity index (χ4v) is 1.60. The summed E-state index contributed by atoms with van der Waals surface area (Å²) in [6.45, 7) is 7.10. The number of hydrogen-bond acceptors (Lipinski definition) is 3. The van der Waals surface area contributed by atoms with Gasteiger partial charge in [0.15, 0.2) is 0 Å². The summed E-state index contributed by atoms with van der Waals surface area (Å²) in [6, 6.07) is 0. The van der Waals surface area contributed by atoms with Crippen LogP contribution in [0, 0.1) is 0 Å². The van der Waals surface area contributed by atoms with Gasteiger partial charge in [-0.2, -0.15) is 0 Å². The van der Waals surface area contributed by atoms with E-state index < -0.39 is 20.9 Å². The maximum Gasteiger partial charge on any atom is 0.216 e. The number of hydrogen-bond donors (Lipinski definition) is 2. The van der Waals surface area contributed by atoms with Crippen molar-refractivity contribution < 1.29 is 13.5 Å². The molecule has 1 atom stereocenters. The first-order valence-electron chi connectivity index (χ1n) is 4.88. The largest absolute Gasteiger partial charge is 0.393 e. The Morgan fingerprint density at radius 2 is 1.86 bits per heavy atom. The number of rotatable bonds is 5. The molecule has 0 saturated heterocycles. The highest BCUT2D eigenvalue weighted by molar-refractivity contribution is 7.90. The third kappa shape index (κ3) is 4.39. The van der Waals surface area contributed by atoms with E-state index in [2.05, 4.69) is 4.72 Å². The van der Waals surface area contributed by atoms with E-state index in [1.807, 2.05) is 6.92 Å². The van der Waals surface area contributed by atoms with Crippen LogP contribution in [0.4, 0.5) is 0 Å². The molecule has 14 heavy (non-hydrogen) atoms. The van der Waals surface area contributed by atoms with E-state index in [4.69, 9.17) is 0 Å². The lowest BCUT2D eigenvalue weighted by atomic mass is 10.2. The van der Waals surface area contributed by atoms with Crippen molar-refractivity contribution in [1.29, 1.82) is 0 Å². The third-order valence-corrected chi connectivity index (χ3v) is 4.24. The molecule has 0 spiro atoms. The van der Waals surface area contributed by atoms with Crippen LogP contribution >= 0.6 is 0 Å². The fraction of sp³-hybridized carbons (Fsp3) is 1.00. The molecule has 86 valence electrons. The summed E-state index contributed by atoms with van der Waals surface area (Å²) in [5, 5.41) is 9.22. The molecule has 0 aliphatic rings. The van der Waals surface area contributed by atoms with Crippen LogP contribution in [0.3, 0.4) is 0 Å². The zero-order valence-electron chi connectivity index (χ0n) is 9.37. The van der Waals surface area contributed by atoms with Gasteiger partial charge in [0.25, 0.3) is 0 Å². The second-order valence-electron chi connectivity index (χ2n) is 4.36. The Morgan fingerprint density at radius 1 is 1.36 bits per heavy atom. The first-order valence-corrected chi connectivity index (χ1v) is 6.36. The predicted molar refractivity (Wildman–Crippen MR) is 57.6 cm³/mol. The zero-order valence-corrected chi connectivity index (χ0v) is 10.2. The molecule has 0 radical (unpaired) electrons. The van der Waals surface area contributed by atoms with Crippen molar-refractivity contribution in [2.24, 2.45) is 0 Å². The van der Waals surface area contributed by atoms with Gasteiger partial charge in [-0.15, -0.1) is 0 Å². The minimum Gasteiger partial charge on any atom is -0.393 e. The molecule has 1 unspecified atom stereocenters. The van der Waals surface area contributed by atoms with Crippen molar-refractivity contribution in [2.75, 3.05) is 6.54 Å². The van der Waals surface area contributed by atoms with Gasteiger partial charge in [0.2, 0.25) is 10.0 Å². The van der Waals surface area contributed by atoms with E-state index in [9.17, 15) is 13.5 Å². The Kier molecular flexibility index (Phi) is 5.05. The normalized spacial score (nSPS) is 15.5. The van der Waals surface area contributed by atoms with Gasteiger partial charge in [0.05, 0.1) is 10.9 Å². The maximum absolute atomic E-state index is 11.5. The van der Waals surface area contributed by atoms with Gasteiger partial charge in [-0.3, -0.25) is 0 Å². The van der Waals surface area contributed by atoms with E-state index in [0.29, 0.717) is 19.4 Å². The summed E-state index contributed by atoms with van der Waals surface area (Å²) >= 11 is 0. The molecule has 0 aromatic carbocycles. The van der Waals surface area contributed by atoms with Gasteiger partial charge in [0, 0.05) is 6.54 Å². The van der Waals surface area contributed by atoms with Gasteiger partial charge < -0.3 is 5.11 Å². The molecule has 0 fully saturated rings. The predicted octanol–water partition coefficient (Wildman–Crippen LogP) is 0.865. The van der Waals surface area contributed by atoms with Crippen LogP contribution in [0.25, 0.3) is 0 Å². The molecular formula is C9H21NO3S. The first-order chi connectivity index (χ1) is 6.20. The van der Waals surface area contributed by atoms with E-state index >= 15 is 0 Å². The maximum atomic E-state index is 11.5. The molecule has 0 amide bonds. The molecule has 0 aromatic rings. The van der Waals surface area contributed by atoms with E-state index in [0.717, 1.165) is 0 Å². The van der Waals surface area contributed by atoms with Gasteiger partial charge in [-0.25, -0.2) is 13.1 Å². The number of nitrogens with one attached hydrogen (secondary N) is 1. The molecule has 5 heteroatoms. The van der Waals surface area contributed by atoms with Gasteiger partial charge in [0.1, 0.15) is 0 Å². The summed E-state index contributed by atoms with van der Waals surface area (Å²) in [6.07, 6.45) is 0.695. The molecule has 4 nitrogen and oxygen atoms in total. The number of aliphatic hydroxyl groups is 1. The molecule has 0 rings (SSSR count). The Bertz CT molecular complexity index is 254. The molecular weight excluding hydrogens is 202 g/mol. The van der Waals surface area contributed by atoms with Crippen LogP contribution in [0.15, 0.2) is 0 Å². The fourth-order valence-electron chi connectivity index (χ4n) is 0.781. The third-order valence-electron chi connectivity index (χ3n) is 2.05.